The minimum Gasteiger partial charge on any atom is -0.478 e. The maximum absolute atomic E-state index is 13.3. The molecule has 1 heterocycles. The number of para-hydroxylation sites is 1. The molecule has 0 saturated heterocycles. The van der Waals surface area contributed by atoms with Crippen LogP contribution in [0.25, 0.3) is 16.9 Å². The van der Waals surface area contributed by atoms with Crippen LogP contribution in [0.2, 0.25) is 0 Å². The molecule has 29 heavy (non-hydrogen) atoms. The molecule has 0 atom stereocenters. The van der Waals surface area contributed by atoms with Crippen molar-refractivity contribution in [2.45, 2.75) is 0 Å². The van der Waals surface area contributed by atoms with Crippen LogP contribution in [0.3, 0.4) is 0 Å². The number of carboxylic acids is 1. The average Bonchev–Trinajstić information content (AvgIpc) is 3.18. The lowest BCUT2D eigenvalue weighted by atomic mass is 10.1. The van der Waals surface area contributed by atoms with Crippen molar-refractivity contribution in [3.8, 4) is 16.9 Å². The van der Waals surface area contributed by atoms with Gasteiger partial charge in [-0.05, 0) is 60.7 Å². The van der Waals surface area contributed by atoms with Gasteiger partial charge in [0.1, 0.15) is 11.5 Å². The van der Waals surface area contributed by atoms with E-state index in [0.29, 0.717) is 11.4 Å². The molecule has 0 radical (unpaired) electrons. The zero-order chi connectivity index (χ0) is 20.2. The third-order valence-electron chi connectivity index (χ3n) is 4.35. The van der Waals surface area contributed by atoms with Crippen molar-refractivity contribution in [3.05, 3.63) is 102 Å². The third-order valence-corrected chi connectivity index (χ3v) is 4.35. The molecule has 0 aliphatic heterocycles. The molecule has 1 N–H and O–H groups in total. The number of carboxylic acid groups (broad SMARTS) is 1. The van der Waals surface area contributed by atoms with Gasteiger partial charge in [0.05, 0.1) is 16.9 Å². The second-order valence-electron chi connectivity index (χ2n) is 6.33. The number of hydrogen-bond donors (Lipinski definition) is 1. The van der Waals surface area contributed by atoms with Crippen molar-refractivity contribution >= 4 is 17.9 Å². The standard InChI is InChI=1S/C23H16FN3O2/c24-19-10-6-16(7-11-19)22-18(15-27(26-22)21-4-2-1-3-5-21)14-25-20-12-8-17(9-13-20)23(28)29/h1-15H,(H,28,29). The highest BCUT2D eigenvalue weighted by molar-refractivity contribution is 5.91. The first-order chi connectivity index (χ1) is 14.1. The molecule has 0 spiro atoms. The van der Waals surface area contributed by atoms with E-state index >= 15 is 0 Å². The molecular weight excluding hydrogens is 369 g/mol. The van der Waals surface area contributed by atoms with Crippen molar-refractivity contribution in [1.29, 1.82) is 0 Å². The number of carbonyl (C=O) groups is 1. The molecule has 0 bridgehead atoms. The Balaban J connectivity index is 1.73. The lowest BCUT2D eigenvalue weighted by molar-refractivity contribution is 0.0697. The van der Waals surface area contributed by atoms with E-state index in [0.717, 1.165) is 16.8 Å². The van der Waals surface area contributed by atoms with E-state index in [1.54, 1.807) is 35.2 Å². The van der Waals surface area contributed by atoms with Crippen LogP contribution in [-0.4, -0.2) is 27.1 Å². The lowest BCUT2D eigenvalue weighted by Gasteiger charge is -2.00. The predicted octanol–water partition coefficient (Wildman–Crippen LogP) is 5.13. The number of hydrogen-bond acceptors (Lipinski definition) is 3. The molecule has 0 saturated carbocycles. The van der Waals surface area contributed by atoms with Gasteiger partial charge in [-0.2, -0.15) is 5.10 Å². The van der Waals surface area contributed by atoms with E-state index in [2.05, 4.69) is 10.1 Å². The molecule has 0 amide bonds. The zero-order valence-corrected chi connectivity index (χ0v) is 15.2. The maximum atomic E-state index is 13.3. The molecule has 6 heteroatoms. The molecule has 5 nitrogen and oxygen atoms in total. The van der Waals surface area contributed by atoms with Gasteiger partial charge in [0.2, 0.25) is 0 Å². The summed E-state index contributed by atoms with van der Waals surface area (Å²) in [5.74, 6) is -1.30. The van der Waals surface area contributed by atoms with Crippen LogP contribution in [0, 0.1) is 5.82 Å². The summed E-state index contributed by atoms with van der Waals surface area (Å²) in [5.41, 5.74) is 3.90. The second-order valence-corrected chi connectivity index (χ2v) is 6.33. The quantitative estimate of drug-likeness (QED) is 0.485. The van der Waals surface area contributed by atoms with Crippen molar-refractivity contribution in [2.75, 3.05) is 0 Å². The first-order valence-electron chi connectivity index (χ1n) is 8.88. The summed E-state index contributed by atoms with van der Waals surface area (Å²) in [6.07, 6.45) is 3.52. The number of aromatic carboxylic acids is 1. The van der Waals surface area contributed by atoms with E-state index in [1.807, 2.05) is 36.5 Å². The summed E-state index contributed by atoms with van der Waals surface area (Å²) in [4.78, 5) is 15.4. The van der Waals surface area contributed by atoms with Gasteiger partial charge in [0.25, 0.3) is 0 Å². The first kappa shape index (κ1) is 18.3. The fraction of sp³-hybridized carbons (Fsp3) is 0. The summed E-state index contributed by atoms with van der Waals surface area (Å²) in [6.45, 7) is 0. The fourth-order valence-electron chi connectivity index (χ4n) is 2.86. The smallest absolute Gasteiger partial charge is 0.335 e. The Kier molecular flexibility index (Phi) is 4.99. The number of rotatable bonds is 5. The number of nitrogens with zero attached hydrogens (tertiary/aromatic N) is 3. The normalized spacial score (nSPS) is 11.1. The van der Waals surface area contributed by atoms with Crippen LogP contribution in [0.4, 0.5) is 10.1 Å². The van der Waals surface area contributed by atoms with Crippen LogP contribution < -0.4 is 0 Å². The summed E-state index contributed by atoms with van der Waals surface area (Å²) >= 11 is 0. The molecule has 0 aliphatic rings. The topological polar surface area (TPSA) is 67.5 Å². The third kappa shape index (κ3) is 4.11. The number of aromatic nitrogens is 2. The van der Waals surface area contributed by atoms with Gasteiger partial charge in [-0.25, -0.2) is 13.9 Å². The Hall–Kier alpha value is -4.06. The Morgan fingerprint density at radius 3 is 2.31 bits per heavy atom. The van der Waals surface area contributed by atoms with E-state index in [4.69, 9.17) is 5.11 Å². The SMILES string of the molecule is O=C(O)c1ccc(N=Cc2cn(-c3ccccc3)nc2-c2ccc(F)cc2)cc1. The van der Waals surface area contributed by atoms with Gasteiger partial charge in [-0.3, -0.25) is 4.99 Å². The van der Waals surface area contributed by atoms with Crippen molar-refractivity contribution in [2.24, 2.45) is 4.99 Å². The molecular formula is C23H16FN3O2. The van der Waals surface area contributed by atoms with Gasteiger partial charge in [0.15, 0.2) is 0 Å². The summed E-state index contributed by atoms with van der Waals surface area (Å²) < 4.78 is 15.1. The van der Waals surface area contributed by atoms with Crippen molar-refractivity contribution in [3.63, 3.8) is 0 Å². The Morgan fingerprint density at radius 1 is 0.966 bits per heavy atom. The molecule has 4 rings (SSSR count). The lowest BCUT2D eigenvalue weighted by Crippen LogP contribution is -1.94. The predicted molar refractivity (Wildman–Crippen MR) is 110 cm³/mol. The van der Waals surface area contributed by atoms with E-state index in [9.17, 15) is 9.18 Å². The highest BCUT2D eigenvalue weighted by atomic mass is 19.1. The van der Waals surface area contributed by atoms with Gasteiger partial charge in [-0.1, -0.05) is 18.2 Å². The largest absolute Gasteiger partial charge is 0.478 e. The fourth-order valence-corrected chi connectivity index (χ4v) is 2.86. The van der Waals surface area contributed by atoms with Gasteiger partial charge in [0, 0.05) is 23.5 Å². The molecule has 0 aliphatic carbocycles. The molecule has 0 unspecified atom stereocenters. The number of aliphatic imine (C=N–C) groups is 1. The van der Waals surface area contributed by atoms with Crippen molar-refractivity contribution in [1.82, 2.24) is 9.78 Å². The highest BCUT2D eigenvalue weighted by Gasteiger charge is 2.11. The Bertz CT molecular complexity index is 1170. The van der Waals surface area contributed by atoms with E-state index in [1.165, 1.54) is 24.3 Å². The number of halogens is 1. The summed E-state index contributed by atoms with van der Waals surface area (Å²) in [6, 6.07) is 22.1. The minimum atomic E-state index is -0.983. The van der Waals surface area contributed by atoms with E-state index in [-0.39, 0.29) is 11.4 Å². The Morgan fingerprint density at radius 2 is 1.66 bits per heavy atom. The van der Waals surface area contributed by atoms with E-state index < -0.39 is 5.97 Å². The molecule has 4 aromatic rings. The summed E-state index contributed by atoms with van der Waals surface area (Å²) in [7, 11) is 0. The molecule has 1 aromatic heterocycles. The maximum Gasteiger partial charge on any atom is 0.335 e. The Labute approximate surface area is 166 Å². The summed E-state index contributed by atoms with van der Waals surface area (Å²) in [5, 5.41) is 13.7. The zero-order valence-electron chi connectivity index (χ0n) is 15.2. The molecule has 0 fully saturated rings. The first-order valence-corrected chi connectivity index (χ1v) is 8.88. The van der Waals surface area contributed by atoms with Crippen LogP contribution >= 0.6 is 0 Å². The highest BCUT2D eigenvalue weighted by Crippen LogP contribution is 2.24. The van der Waals surface area contributed by atoms with Gasteiger partial charge >= 0.3 is 5.97 Å². The molecule has 142 valence electrons. The monoisotopic (exact) mass is 385 g/mol. The van der Waals surface area contributed by atoms with Crippen LogP contribution in [0.1, 0.15) is 15.9 Å². The van der Waals surface area contributed by atoms with Crippen LogP contribution in [0.5, 0.6) is 0 Å². The van der Waals surface area contributed by atoms with Crippen molar-refractivity contribution < 1.29 is 14.3 Å². The minimum absolute atomic E-state index is 0.202. The van der Waals surface area contributed by atoms with Gasteiger partial charge in [-0.15, -0.1) is 0 Å². The second kappa shape index (κ2) is 7.90. The van der Waals surface area contributed by atoms with Crippen LogP contribution in [0.15, 0.2) is 90.1 Å². The van der Waals surface area contributed by atoms with Gasteiger partial charge < -0.3 is 5.11 Å². The number of benzene rings is 3. The molecule has 3 aromatic carbocycles. The average molecular weight is 385 g/mol. The van der Waals surface area contributed by atoms with Crippen LogP contribution in [-0.2, 0) is 0 Å².